The van der Waals surface area contributed by atoms with Crippen LogP contribution in [0.5, 0.6) is 0 Å². The largest absolute Gasteiger partial charge is 0.392 e. The monoisotopic (exact) mass is 306 g/mol. The third-order valence-corrected chi connectivity index (χ3v) is 4.04. The zero-order chi connectivity index (χ0) is 15.2. The number of benzene rings is 1. The number of thioether (sulfide) groups is 1. The number of aliphatic hydroxyl groups excluding tert-OH is 1. The van der Waals surface area contributed by atoms with E-state index in [0.29, 0.717) is 11.5 Å². The van der Waals surface area contributed by atoms with Crippen LogP contribution in [0.3, 0.4) is 0 Å². The van der Waals surface area contributed by atoms with E-state index in [1.165, 1.54) is 11.8 Å². The van der Waals surface area contributed by atoms with Gasteiger partial charge < -0.3 is 14.9 Å². The predicted octanol–water partition coefficient (Wildman–Crippen LogP) is 2.66. The molecular formula is C15H18N2O3S. The molecule has 1 aromatic heterocycles. The van der Waals surface area contributed by atoms with Crippen LogP contribution in [0.1, 0.15) is 22.6 Å². The molecule has 112 valence electrons. The van der Waals surface area contributed by atoms with E-state index in [4.69, 9.17) is 9.63 Å². The van der Waals surface area contributed by atoms with Gasteiger partial charge in [0.25, 0.3) is 0 Å². The summed E-state index contributed by atoms with van der Waals surface area (Å²) in [6.45, 7) is 3.77. The minimum absolute atomic E-state index is 0.00150. The van der Waals surface area contributed by atoms with Crippen molar-refractivity contribution in [1.82, 2.24) is 5.16 Å². The number of aromatic nitrogens is 1. The summed E-state index contributed by atoms with van der Waals surface area (Å²) < 4.78 is 5.09. The Morgan fingerprint density at radius 2 is 2.05 bits per heavy atom. The summed E-state index contributed by atoms with van der Waals surface area (Å²) in [5.41, 5.74) is 3.48. The highest BCUT2D eigenvalue weighted by Gasteiger charge is 2.10. The summed E-state index contributed by atoms with van der Waals surface area (Å²) in [6.07, 6.45) is 0. The van der Waals surface area contributed by atoms with E-state index in [-0.39, 0.29) is 12.5 Å². The van der Waals surface area contributed by atoms with Gasteiger partial charge in [0.1, 0.15) is 5.76 Å². The number of nitrogens with zero attached hydrogens (tertiary/aromatic N) is 1. The molecule has 0 unspecified atom stereocenters. The summed E-state index contributed by atoms with van der Waals surface area (Å²) in [5, 5.41) is 15.7. The molecule has 0 aliphatic rings. The summed E-state index contributed by atoms with van der Waals surface area (Å²) in [6, 6.07) is 7.13. The lowest BCUT2D eigenvalue weighted by atomic mass is 10.2. The van der Waals surface area contributed by atoms with Gasteiger partial charge in [-0.1, -0.05) is 17.3 Å². The van der Waals surface area contributed by atoms with E-state index in [9.17, 15) is 4.79 Å². The van der Waals surface area contributed by atoms with Crippen molar-refractivity contribution in [3.63, 3.8) is 0 Å². The minimum atomic E-state index is -0.0523. The van der Waals surface area contributed by atoms with Crippen LogP contribution in [0, 0.1) is 13.8 Å². The Morgan fingerprint density at radius 3 is 2.62 bits per heavy atom. The standard InChI is InChI=1S/C15H18N2O3S/c1-10-14(11(2)20-17-10)8-21-9-15(19)16-13-5-3-12(7-18)4-6-13/h3-6,18H,7-9H2,1-2H3,(H,16,19). The van der Waals surface area contributed by atoms with Crippen molar-refractivity contribution >= 4 is 23.4 Å². The molecule has 0 aliphatic carbocycles. The molecule has 1 heterocycles. The quantitative estimate of drug-likeness (QED) is 0.858. The van der Waals surface area contributed by atoms with Gasteiger partial charge in [-0.15, -0.1) is 11.8 Å². The van der Waals surface area contributed by atoms with Gasteiger partial charge in [-0.3, -0.25) is 4.79 Å². The number of nitrogens with one attached hydrogen (secondary N) is 1. The molecular weight excluding hydrogens is 288 g/mol. The number of carbonyl (C=O) groups excluding carboxylic acids is 1. The molecule has 5 nitrogen and oxygen atoms in total. The van der Waals surface area contributed by atoms with Gasteiger partial charge in [0.15, 0.2) is 0 Å². The first kappa shape index (κ1) is 15.6. The van der Waals surface area contributed by atoms with E-state index >= 15 is 0 Å². The Hall–Kier alpha value is -1.79. The molecule has 0 aliphatic heterocycles. The smallest absolute Gasteiger partial charge is 0.234 e. The average molecular weight is 306 g/mol. The predicted molar refractivity (Wildman–Crippen MR) is 83.1 cm³/mol. The molecule has 2 N–H and O–H groups in total. The number of anilines is 1. The average Bonchev–Trinajstić information content (AvgIpc) is 2.80. The van der Waals surface area contributed by atoms with Crippen LogP contribution in [-0.2, 0) is 17.2 Å². The van der Waals surface area contributed by atoms with E-state index < -0.39 is 0 Å². The lowest BCUT2D eigenvalue weighted by Crippen LogP contribution is -2.14. The van der Waals surface area contributed by atoms with E-state index in [2.05, 4.69) is 10.5 Å². The molecule has 0 saturated carbocycles. The number of aliphatic hydroxyl groups is 1. The number of rotatable bonds is 6. The molecule has 1 amide bonds. The Labute approximate surface area is 127 Å². The lowest BCUT2D eigenvalue weighted by Gasteiger charge is -2.06. The maximum Gasteiger partial charge on any atom is 0.234 e. The van der Waals surface area contributed by atoms with Crippen LogP contribution in [0.15, 0.2) is 28.8 Å². The SMILES string of the molecule is Cc1noc(C)c1CSCC(=O)Nc1ccc(CO)cc1. The summed E-state index contributed by atoms with van der Waals surface area (Å²) in [5.74, 6) is 1.83. The number of aryl methyl sites for hydroxylation is 2. The number of carbonyl (C=O) groups is 1. The maximum atomic E-state index is 11.8. The second kappa shape index (κ2) is 7.28. The van der Waals surface area contributed by atoms with Crippen LogP contribution in [0.25, 0.3) is 0 Å². The summed E-state index contributed by atoms with van der Waals surface area (Å²) in [4.78, 5) is 11.8. The first-order chi connectivity index (χ1) is 10.1. The molecule has 6 heteroatoms. The van der Waals surface area contributed by atoms with Gasteiger partial charge in [-0.2, -0.15) is 0 Å². The fourth-order valence-electron chi connectivity index (χ4n) is 1.84. The van der Waals surface area contributed by atoms with E-state index in [0.717, 1.165) is 28.3 Å². The highest BCUT2D eigenvalue weighted by molar-refractivity contribution is 7.99. The fraction of sp³-hybridized carbons (Fsp3) is 0.333. The molecule has 2 rings (SSSR count). The van der Waals surface area contributed by atoms with Gasteiger partial charge >= 0.3 is 0 Å². The van der Waals surface area contributed by atoms with Crippen LogP contribution in [0.4, 0.5) is 5.69 Å². The molecule has 21 heavy (non-hydrogen) atoms. The number of hydrogen-bond acceptors (Lipinski definition) is 5. The first-order valence-corrected chi connectivity index (χ1v) is 7.74. The fourth-order valence-corrected chi connectivity index (χ4v) is 2.82. The second-order valence-corrected chi connectivity index (χ2v) is 5.68. The summed E-state index contributed by atoms with van der Waals surface area (Å²) >= 11 is 1.52. The molecule has 0 saturated heterocycles. The zero-order valence-corrected chi connectivity index (χ0v) is 12.9. The van der Waals surface area contributed by atoms with Crippen molar-refractivity contribution in [1.29, 1.82) is 0 Å². The van der Waals surface area contributed by atoms with Gasteiger partial charge in [0.2, 0.25) is 5.91 Å². The van der Waals surface area contributed by atoms with Crippen molar-refractivity contribution in [3.8, 4) is 0 Å². The zero-order valence-electron chi connectivity index (χ0n) is 12.0. The van der Waals surface area contributed by atoms with Crippen LogP contribution >= 0.6 is 11.8 Å². The molecule has 0 fully saturated rings. The molecule has 2 aromatic rings. The topological polar surface area (TPSA) is 75.4 Å². The van der Waals surface area contributed by atoms with Gasteiger partial charge in [0.05, 0.1) is 18.1 Å². The van der Waals surface area contributed by atoms with Gasteiger partial charge in [0, 0.05) is 17.0 Å². The Kier molecular flexibility index (Phi) is 5.41. The van der Waals surface area contributed by atoms with Crippen LogP contribution in [0.2, 0.25) is 0 Å². The van der Waals surface area contributed by atoms with Crippen molar-refractivity contribution in [2.24, 2.45) is 0 Å². The first-order valence-electron chi connectivity index (χ1n) is 6.59. The summed E-state index contributed by atoms with van der Waals surface area (Å²) in [7, 11) is 0. The second-order valence-electron chi connectivity index (χ2n) is 4.70. The Morgan fingerprint density at radius 1 is 1.33 bits per heavy atom. The van der Waals surface area contributed by atoms with Crippen molar-refractivity contribution in [2.45, 2.75) is 26.2 Å². The minimum Gasteiger partial charge on any atom is -0.392 e. The van der Waals surface area contributed by atoms with Crippen LogP contribution in [-0.4, -0.2) is 21.9 Å². The Balaban J connectivity index is 1.79. The molecule has 1 aromatic carbocycles. The highest BCUT2D eigenvalue weighted by atomic mass is 32.2. The third kappa shape index (κ3) is 4.34. The van der Waals surface area contributed by atoms with Crippen molar-refractivity contribution in [3.05, 3.63) is 46.8 Å². The normalized spacial score (nSPS) is 10.6. The van der Waals surface area contributed by atoms with Gasteiger partial charge in [-0.05, 0) is 31.5 Å². The molecule has 0 atom stereocenters. The molecule has 0 bridgehead atoms. The Bertz CT molecular complexity index is 588. The number of hydrogen-bond donors (Lipinski definition) is 2. The van der Waals surface area contributed by atoms with Crippen molar-refractivity contribution < 1.29 is 14.4 Å². The maximum absolute atomic E-state index is 11.8. The highest BCUT2D eigenvalue weighted by Crippen LogP contribution is 2.19. The van der Waals surface area contributed by atoms with Gasteiger partial charge in [-0.25, -0.2) is 0 Å². The molecule has 0 spiro atoms. The van der Waals surface area contributed by atoms with Crippen LogP contribution < -0.4 is 5.32 Å². The third-order valence-electron chi connectivity index (χ3n) is 3.08. The van der Waals surface area contributed by atoms with E-state index in [1.807, 2.05) is 13.8 Å². The van der Waals surface area contributed by atoms with Crippen molar-refractivity contribution in [2.75, 3.05) is 11.1 Å². The molecule has 0 radical (unpaired) electrons. The van der Waals surface area contributed by atoms with E-state index in [1.54, 1.807) is 24.3 Å². The number of amides is 1. The lowest BCUT2D eigenvalue weighted by molar-refractivity contribution is -0.113.